The monoisotopic (exact) mass is 383 g/mol. The summed E-state index contributed by atoms with van der Waals surface area (Å²) in [4.78, 5) is 17.4. The molecule has 2 aromatic heterocycles. The van der Waals surface area contributed by atoms with Gasteiger partial charge in [0.25, 0.3) is 5.91 Å². The first-order chi connectivity index (χ1) is 12.5. The number of nitriles is 1. The van der Waals surface area contributed by atoms with Crippen molar-refractivity contribution < 1.29 is 9.21 Å². The van der Waals surface area contributed by atoms with Crippen molar-refractivity contribution in [1.29, 1.82) is 5.26 Å². The lowest BCUT2D eigenvalue weighted by atomic mass is 10.1. The van der Waals surface area contributed by atoms with Gasteiger partial charge in [0.05, 0.1) is 0 Å². The van der Waals surface area contributed by atoms with E-state index in [9.17, 15) is 10.1 Å². The standard InChI is InChI=1S/C19H14ClN3O2S/c1-12-6-7-15(25-12)8-14(10-21)18(24)23-19-22-11-16(26-19)9-13-4-2-3-5-17(13)20/h2-8,11H,9H2,1H3,(H,22,23,24)/b14-8-. The number of nitrogens with zero attached hydrogens (tertiary/aromatic N) is 2. The Morgan fingerprint density at radius 3 is 2.88 bits per heavy atom. The van der Waals surface area contributed by atoms with Crippen LogP contribution < -0.4 is 5.32 Å². The number of amides is 1. The van der Waals surface area contributed by atoms with Crippen molar-refractivity contribution in [2.45, 2.75) is 13.3 Å². The number of hydrogen-bond acceptors (Lipinski definition) is 5. The second-order valence-corrected chi connectivity index (χ2v) is 6.99. The van der Waals surface area contributed by atoms with Gasteiger partial charge in [0.15, 0.2) is 5.13 Å². The van der Waals surface area contributed by atoms with Crippen molar-refractivity contribution in [3.8, 4) is 6.07 Å². The number of hydrogen-bond donors (Lipinski definition) is 1. The van der Waals surface area contributed by atoms with E-state index in [1.165, 1.54) is 17.4 Å². The molecule has 26 heavy (non-hydrogen) atoms. The number of furan rings is 1. The molecule has 0 atom stereocenters. The molecule has 0 spiro atoms. The van der Waals surface area contributed by atoms with Crippen molar-refractivity contribution in [2.75, 3.05) is 5.32 Å². The maximum Gasteiger partial charge on any atom is 0.268 e. The largest absolute Gasteiger partial charge is 0.462 e. The second kappa shape index (κ2) is 8.00. The number of rotatable bonds is 5. The molecule has 3 aromatic rings. The Kier molecular flexibility index (Phi) is 5.52. The maximum atomic E-state index is 12.3. The number of carbonyl (C=O) groups is 1. The van der Waals surface area contributed by atoms with Crippen molar-refractivity contribution >= 4 is 40.1 Å². The van der Waals surface area contributed by atoms with Crippen LogP contribution in [0.4, 0.5) is 5.13 Å². The lowest BCUT2D eigenvalue weighted by Crippen LogP contribution is -2.13. The minimum atomic E-state index is -0.528. The van der Waals surface area contributed by atoms with Crippen LogP contribution in [0.25, 0.3) is 6.08 Å². The molecule has 0 fully saturated rings. The summed E-state index contributed by atoms with van der Waals surface area (Å²) >= 11 is 7.51. The molecule has 0 saturated heterocycles. The normalized spacial score (nSPS) is 11.2. The van der Waals surface area contributed by atoms with E-state index in [0.717, 1.165) is 10.4 Å². The lowest BCUT2D eigenvalue weighted by molar-refractivity contribution is -0.112. The van der Waals surface area contributed by atoms with Crippen LogP contribution in [0.2, 0.25) is 5.02 Å². The summed E-state index contributed by atoms with van der Waals surface area (Å²) in [6, 6.07) is 12.9. The predicted molar refractivity (Wildman–Crippen MR) is 102 cm³/mol. The molecule has 7 heteroatoms. The highest BCUT2D eigenvalue weighted by atomic mass is 35.5. The van der Waals surface area contributed by atoms with Crippen LogP contribution in [0.3, 0.4) is 0 Å². The lowest BCUT2D eigenvalue weighted by Gasteiger charge is -2.01. The number of carbonyl (C=O) groups excluding carboxylic acids is 1. The first kappa shape index (κ1) is 17.9. The molecule has 0 aliphatic carbocycles. The van der Waals surface area contributed by atoms with Gasteiger partial charge in [0, 0.05) is 28.6 Å². The number of nitrogens with one attached hydrogen (secondary N) is 1. The Labute approximate surface area is 159 Å². The van der Waals surface area contributed by atoms with Crippen LogP contribution in [0.1, 0.15) is 22.0 Å². The molecule has 5 nitrogen and oxygen atoms in total. The van der Waals surface area contributed by atoms with Crippen LogP contribution in [-0.4, -0.2) is 10.9 Å². The topological polar surface area (TPSA) is 78.9 Å². The van der Waals surface area contributed by atoms with Crippen LogP contribution in [0, 0.1) is 18.3 Å². The van der Waals surface area contributed by atoms with Gasteiger partial charge in [-0.05, 0) is 30.7 Å². The summed E-state index contributed by atoms with van der Waals surface area (Å²) in [5, 5.41) is 13.0. The Morgan fingerprint density at radius 2 is 2.19 bits per heavy atom. The summed E-state index contributed by atoms with van der Waals surface area (Å²) in [6.45, 7) is 1.79. The molecule has 130 valence electrons. The third-order valence-corrected chi connectivity index (χ3v) is 4.79. The summed E-state index contributed by atoms with van der Waals surface area (Å²) < 4.78 is 5.36. The number of aromatic nitrogens is 1. The fourth-order valence-corrected chi connectivity index (χ4v) is 3.30. The van der Waals surface area contributed by atoms with Crippen molar-refractivity contribution in [3.05, 3.63) is 75.2 Å². The summed E-state index contributed by atoms with van der Waals surface area (Å²) in [6.07, 6.45) is 3.72. The minimum Gasteiger partial charge on any atom is -0.462 e. The average molecular weight is 384 g/mol. The van der Waals surface area contributed by atoms with E-state index in [1.807, 2.05) is 30.3 Å². The van der Waals surface area contributed by atoms with Crippen LogP contribution in [0.5, 0.6) is 0 Å². The van der Waals surface area contributed by atoms with Crippen molar-refractivity contribution in [2.24, 2.45) is 0 Å². The van der Waals surface area contributed by atoms with Crippen molar-refractivity contribution in [3.63, 3.8) is 0 Å². The van der Waals surface area contributed by atoms with Crippen LogP contribution in [-0.2, 0) is 11.2 Å². The SMILES string of the molecule is Cc1ccc(/C=C(/C#N)C(=O)Nc2ncc(Cc3ccccc3Cl)s2)o1. The number of halogens is 1. The highest BCUT2D eigenvalue weighted by Gasteiger charge is 2.13. The predicted octanol–water partition coefficient (Wildman–Crippen LogP) is 4.83. The first-order valence-electron chi connectivity index (χ1n) is 7.73. The van der Waals surface area contributed by atoms with Crippen molar-refractivity contribution in [1.82, 2.24) is 4.98 Å². The molecule has 1 amide bonds. The Bertz CT molecular complexity index is 1010. The molecular weight excluding hydrogens is 370 g/mol. The first-order valence-corrected chi connectivity index (χ1v) is 8.92. The van der Waals surface area contributed by atoms with Gasteiger partial charge in [-0.15, -0.1) is 11.3 Å². The molecule has 0 unspecified atom stereocenters. The third kappa shape index (κ3) is 4.39. The van der Waals surface area contributed by atoms with Gasteiger partial charge in [-0.1, -0.05) is 29.8 Å². The molecule has 1 aromatic carbocycles. The Balaban J connectivity index is 1.70. The van der Waals surface area contributed by atoms with E-state index in [1.54, 1.807) is 25.3 Å². The minimum absolute atomic E-state index is 0.0535. The zero-order chi connectivity index (χ0) is 18.5. The molecule has 0 radical (unpaired) electrons. The van der Waals surface area contributed by atoms with E-state index < -0.39 is 5.91 Å². The molecule has 2 heterocycles. The van der Waals surface area contributed by atoms with Crippen LogP contribution >= 0.6 is 22.9 Å². The fourth-order valence-electron chi connectivity index (χ4n) is 2.26. The number of thiazole rings is 1. The van der Waals surface area contributed by atoms with E-state index in [2.05, 4.69) is 10.3 Å². The van der Waals surface area contributed by atoms with E-state index in [-0.39, 0.29) is 5.57 Å². The molecule has 3 rings (SSSR count). The van der Waals surface area contributed by atoms with Gasteiger partial charge < -0.3 is 4.42 Å². The molecule has 0 aliphatic rings. The van der Waals surface area contributed by atoms with Gasteiger partial charge in [-0.3, -0.25) is 10.1 Å². The van der Waals surface area contributed by atoms with Gasteiger partial charge in [0.1, 0.15) is 23.2 Å². The highest BCUT2D eigenvalue weighted by molar-refractivity contribution is 7.15. The molecule has 0 saturated carbocycles. The zero-order valence-corrected chi connectivity index (χ0v) is 15.4. The summed E-state index contributed by atoms with van der Waals surface area (Å²) in [7, 11) is 0. The van der Waals surface area contributed by atoms with Crippen LogP contribution in [0.15, 0.2) is 52.6 Å². The molecular formula is C19H14ClN3O2S. The molecule has 0 aliphatic heterocycles. The van der Waals surface area contributed by atoms with Gasteiger partial charge in [-0.25, -0.2) is 4.98 Å². The Morgan fingerprint density at radius 1 is 1.38 bits per heavy atom. The van der Waals surface area contributed by atoms with E-state index in [0.29, 0.717) is 28.1 Å². The van der Waals surface area contributed by atoms with Gasteiger partial charge in [0.2, 0.25) is 0 Å². The second-order valence-electron chi connectivity index (χ2n) is 5.47. The summed E-state index contributed by atoms with van der Waals surface area (Å²) in [5.41, 5.74) is 0.934. The number of benzene rings is 1. The van der Waals surface area contributed by atoms with Gasteiger partial charge in [-0.2, -0.15) is 5.26 Å². The molecule has 0 bridgehead atoms. The Hall–Kier alpha value is -2.88. The quantitative estimate of drug-likeness (QED) is 0.505. The number of anilines is 1. The highest BCUT2D eigenvalue weighted by Crippen LogP contribution is 2.25. The molecule has 1 N–H and O–H groups in total. The zero-order valence-electron chi connectivity index (χ0n) is 13.8. The smallest absolute Gasteiger partial charge is 0.268 e. The number of aryl methyl sites for hydroxylation is 1. The summed E-state index contributed by atoms with van der Waals surface area (Å²) in [5.74, 6) is 0.631. The fraction of sp³-hybridized carbons (Fsp3) is 0.105. The maximum absolute atomic E-state index is 12.3. The van der Waals surface area contributed by atoms with Gasteiger partial charge >= 0.3 is 0 Å². The van der Waals surface area contributed by atoms with E-state index >= 15 is 0 Å². The van der Waals surface area contributed by atoms with E-state index in [4.69, 9.17) is 16.0 Å². The average Bonchev–Trinajstić information content (AvgIpc) is 3.23. The third-order valence-electron chi connectivity index (χ3n) is 3.51.